The van der Waals surface area contributed by atoms with Gasteiger partial charge in [-0.2, -0.15) is 0 Å². The summed E-state index contributed by atoms with van der Waals surface area (Å²) in [5, 5.41) is 11.9. The topological polar surface area (TPSA) is 117 Å². The Morgan fingerprint density at radius 3 is 2.72 bits per heavy atom. The first-order valence-corrected chi connectivity index (χ1v) is 12.3. The van der Waals surface area contributed by atoms with Crippen LogP contribution in [-0.2, 0) is 39.4 Å². The molecule has 1 N–H and O–H groups in total. The van der Waals surface area contributed by atoms with Gasteiger partial charge in [0.1, 0.15) is 12.4 Å². The maximum Gasteiger partial charge on any atom is 0.513 e. The third-order valence-corrected chi connectivity index (χ3v) is 7.05. The second-order valence-electron chi connectivity index (χ2n) is 9.11. The third kappa shape index (κ3) is 3.65. The lowest BCUT2D eigenvalue weighted by molar-refractivity contribution is -0.172. The molecule has 2 aromatic heterocycles. The van der Waals surface area contributed by atoms with Crippen molar-refractivity contribution in [3.8, 4) is 17.1 Å². The summed E-state index contributed by atoms with van der Waals surface area (Å²) in [5.74, 6) is -0.395. The molecule has 3 aromatic rings. The molecule has 2 aliphatic rings. The first kappa shape index (κ1) is 24.0. The van der Waals surface area contributed by atoms with Crippen LogP contribution in [0.15, 0.2) is 29.1 Å². The van der Waals surface area contributed by atoms with Gasteiger partial charge in [0, 0.05) is 16.5 Å². The lowest BCUT2D eigenvalue weighted by Gasteiger charge is -2.31. The van der Waals surface area contributed by atoms with E-state index < -0.39 is 17.7 Å². The highest BCUT2D eigenvalue weighted by atomic mass is 16.7. The van der Waals surface area contributed by atoms with E-state index in [-0.39, 0.29) is 29.7 Å². The zero-order chi connectivity index (χ0) is 25.6. The molecule has 0 radical (unpaired) electrons. The van der Waals surface area contributed by atoms with Gasteiger partial charge in [-0.3, -0.25) is 4.79 Å². The number of hydrogen-bond donors (Lipinski definition) is 1. The Balaban J connectivity index is 1.60. The Morgan fingerprint density at radius 1 is 1.19 bits per heavy atom. The zero-order valence-corrected chi connectivity index (χ0v) is 20.6. The first-order valence-electron chi connectivity index (χ1n) is 12.3. The fourth-order valence-electron chi connectivity index (χ4n) is 5.03. The molecule has 1 aromatic carbocycles. The normalized spacial score (nSPS) is 17.8. The number of pyridine rings is 2. The molecular formula is C27H28N2O7. The number of unbranched alkanes of at least 4 members (excludes halogenated alkanes) is 1. The Labute approximate surface area is 207 Å². The smallest absolute Gasteiger partial charge is 0.458 e. The number of nitrogens with zero attached hydrogens (tertiary/aromatic N) is 2. The van der Waals surface area contributed by atoms with Gasteiger partial charge in [-0.1, -0.05) is 27.2 Å². The molecule has 0 unspecified atom stereocenters. The van der Waals surface area contributed by atoms with Crippen molar-refractivity contribution in [3.63, 3.8) is 0 Å². The van der Waals surface area contributed by atoms with Gasteiger partial charge < -0.3 is 23.9 Å². The number of hydrogen-bond acceptors (Lipinski definition) is 8. The molecular weight excluding hydrogens is 464 g/mol. The number of esters is 1. The lowest BCUT2D eigenvalue weighted by Crippen LogP contribution is -2.44. The van der Waals surface area contributed by atoms with Crippen LogP contribution in [0.5, 0.6) is 5.75 Å². The van der Waals surface area contributed by atoms with E-state index >= 15 is 0 Å². The number of carbonyl (C=O) groups excluding carboxylic acids is 2. The van der Waals surface area contributed by atoms with E-state index in [1.807, 2.05) is 13.8 Å². The molecule has 9 nitrogen and oxygen atoms in total. The van der Waals surface area contributed by atoms with Crippen LogP contribution in [0.4, 0.5) is 4.79 Å². The summed E-state index contributed by atoms with van der Waals surface area (Å²) < 4.78 is 17.2. The molecule has 0 amide bonds. The molecule has 0 spiro atoms. The molecule has 4 heterocycles. The molecule has 188 valence electrons. The quantitative estimate of drug-likeness (QED) is 0.244. The van der Waals surface area contributed by atoms with Crippen molar-refractivity contribution in [2.24, 2.45) is 0 Å². The van der Waals surface area contributed by atoms with Crippen LogP contribution in [0.1, 0.15) is 62.3 Å². The molecule has 36 heavy (non-hydrogen) atoms. The van der Waals surface area contributed by atoms with Gasteiger partial charge in [0.05, 0.1) is 35.6 Å². The second kappa shape index (κ2) is 9.05. The van der Waals surface area contributed by atoms with E-state index in [2.05, 4.69) is 0 Å². The van der Waals surface area contributed by atoms with E-state index in [1.54, 1.807) is 35.8 Å². The predicted octanol–water partition coefficient (Wildman–Crippen LogP) is 3.96. The van der Waals surface area contributed by atoms with Crippen LogP contribution >= 0.6 is 0 Å². The van der Waals surface area contributed by atoms with E-state index in [1.165, 1.54) is 0 Å². The summed E-state index contributed by atoms with van der Waals surface area (Å²) in [6.45, 7) is 6.15. The predicted molar refractivity (Wildman–Crippen MR) is 131 cm³/mol. The van der Waals surface area contributed by atoms with Crippen LogP contribution in [0, 0.1) is 0 Å². The van der Waals surface area contributed by atoms with E-state index in [9.17, 15) is 19.5 Å². The van der Waals surface area contributed by atoms with Gasteiger partial charge >= 0.3 is 12.1 Å². The molecule has 2 aliphatic heterocycles. The summed E-state index contributed by atoms with van der Waals surface area (Å²) in [6.07, 6.45) is 1.68. The van der Waals surface area contributed by atoms with Crippen molar-refractivity contribution < 1.29 is 28.9 Å². The van der Waals surface area contributed by atoms with Gasteiger partial charge in [0.2, 0.25) is 0 Å². The van der Waals surface area contributed by atoms with E-state index in [0.29, 0.717) is 42.2 Å². The highest BCUT2D eigenvalue weighted by Crippen LogP contribution is 2.40. The number of carbonyl (C=O) groups is 2. The number of ether oxygens (including phenoxy) is 3. The van der Waals surface area contributed by atoms with Gasteiger partial charge in [-0.05, 0) is 49.1 Å². The maximum absolute atomic E-state index is 13.4. The number of fused-ring (bicyclic) bond motifs is 5. The lowest BCUT2D eigenvalue weighted by atomic mass is 9.86. The largest absolute Gasteiger partial charge is 0.513 e. The molecule has 0 aliphatic carbocycles. The molecule has 9 heteroatoms. The number of cyclic esters (lactones) is 1. The Kier molecular flexibility index (Phi) is 6.04. The van der Waals surface area contributed by atoms with Crippen LogP contribution in [-0.4, -0.2) is 33.4 Å². The maximum atomic E-state index is 13.4. The fraction of sp³-hybridized carbons (Fsp3) is 0.407. The van der Waals surface area contributed by atoms with Crippen molar-refractivity contribution in [3.05, 3.63) is 56.9 Å². The SMILES string of the molecule is CCCCOC(=O)Oc1ccc2nc3c(c(CC)c2c1)Cn1c-3cc2c(c1=O)COC(=O)[C@]2(O)CC. The van der Waals surface area contributed by atoms with Gasteiger partial charge in [-0.25, -0.2) is 14.6 Å². The Bertz CT molecular complexity index is 1460. The Hall–Kier alpha value is -3.72. The van der Waals surface area contributed by atoms with E-state index in [4.69, 9.17) is 19.2 Å². The summed E-state index contributed by atoms with van der Waals surface area (Å²) in [7, 11) is 0. The van der Waals surface area contributed by atoms with Gasteiger partial charge in [0.15, 0.2) is 5.60 Å². The van der Waals surface area contributed by atoms with Gasteiger partial charge in [0.25, 0.3) is 5.56 Å². The number of aromatic nitrogens is 2. The summed E-state index contributed by atoms with van der Waals surface area (Å²) in [5.41, 5.74) is 2.17. The van der Waals surface area contributed by atoms with E-state index in [0.717, 1.165) is 29.4 Å². The standard InChI is InChI=1S/C27H28N2O7/c1-4-7-10-34-26(32)36-15-8-9-21-17(11-15)16(5-2)18-13-29-22(23(18)28-21)12-20-19(24(29)30)14-35-25(31)27(20,33)6-3/h8-9,11-12,33H,4-7,10,13-14H2,1-3H3/t27-/m0/s1. The highest BCUT2D eigenvalue weighted by Gasteiger charge is 2.45. The summed E-state index contributed by atoms with van der Waals surface area (Å²) in [4.78, 5) is 42.7. The van der Waals surface area contributed by atoms with Crippen molar-refractivity contribution >= 4 is 23.0 Å². The molecule has 0 saturated heterocycles. The first-order chi connectivity index (χ1) is 17.3. The van der Waals surface area contributed by atoms with Crippen LogP contribution in [0.2, 0.25) is 0 Å². The number of aliphatic hydroxyl groups is 1. The number of aryl methyl sites for hydroxylation is 1. The second-order valence-corrected chi connectivity index (χ2v) is 9.11. The molecule has 5 rings (SSSR count). The highest BCUT2D eigenvalue weighted by molar-refractivity contribution is 5.90. The minimum absolute atomic E-state index is 0.0869. The van der Waals surface area contributed by atoms with Crippen molar-refractivity contribution in [2.75, 3.05) is 6.61 Å². The number of benzene rings is 1. The molecule has 0 fully saturated rings. The molecule has 0 saturated carbocycles. The third-order valence-electron chi connectivity index (χ3n) is 7.05. The van der Waals surface area contributed by atoms with Crippen molar-refractivity contribution in [1.82, 2.24) is 9.55 Å². The minimum Gasteiger partial charge on any atom is -0.458 e. The van der Waals surface area contributed by atoms with Crippen LogP contribution < -0.4 is 10.3 Å². The fourth-order valence-corrected chi connectivity index (χ4v) is 5.03. The molecule has 1 atom stereocenters. The summed E-state index contributed by atoms with van der Waals surface area (Å²) in [6, 6.07) is 6.89. The van der Waals surface area contributed by atoms with Crippen LogP contribution in [0.25, 0.3) is 22.3 Å². The summed E-state index contributed by atoms with van der Waals surface area (Å²) >= 11 is 0. The monoisotopic (exact) mass is 492 g/mol. The zero-order valence-electron chi connectivity index (χ0n) is 20.6. The van der Waals surface area contributed by atoms with Crippen LogP contribution in [0.3, 0.4) is 0 Å². The van der Waals surface area contributed by atoms with Crippen molar-refractivity contribution in [1.29, 1.82) is 0 Å². The minimum atomic E-state index is -1.87. The van der Waals surface area contributed by atoms with Gasteiger partial charge in [-0.15, -0.1) is 0 Å². The number of rotatable bonds is 6. The average Bonchev–Trinajstić information content (AvgIpc) is 3.24. The molecule has 0 bridgehead atoms. The van der Waals surface area contributed by atoms with Crippen molar-refractivity contribution in [2.45, 2.75) is 65.2 Å². The Morgan fingerprint density at radius 2 is 2.00 bits per heavy atom. The average molecular weight is 493 g/mol.